The van der Waals surface area contributed by atoms with E-state index in [9.17, 15) is 43.2 Å². The number of phosphoric ester groups is 2. The van der Waals surface area contributed by atoms with E-state index in [1.54, 1.807) is 0 Å². The lowest BCUT2D eigenvalue weighted by atomic mass is 9.99. The van der Waals surface area contributed by atoms with E-state index in [0.717, 1.165) is 108 Å². The second-order valence-corrected chi connectivity index (χ2v) is 33.6. The Morgan fingerprint density at radius 1 is 0.287 bits per heavy atom. The molecular weight excluding hydrogens is 1320 g/mol. The molecule has 19 heteroatoms. The summed E-state index contributed by atoms with van der Waals surface area (Å²) in [7, 11) is -9.92. The molecule has 0 rings (SSSR count). The first-order valence-corrected chi connectivity index (χ1v) is 45.4. The standard InChI is InChI=1S/C82H160O17P2/c1-8-10-11-12-13-14-15-16-17-18-19-23-26-29-34-42-49-56-63-79(84)92-69-77(98-81(86)65-58-51-44-35-30-27-24-21-20-22-25-28-32-39-46-53-60-73(3)4)71-96-100(88,89)94-67-76(83)68-95-101(90,91)97-72-78(99-82(87)66-59-52-45-36-31-33-40-47-54-61-74(5)6)70-93-80(85)64-57-50-43-38-37-41-48-55-62-75(7)9-2/h73-78,83H,8-72H2,1-7H3,(H,88,89)(H,90,91)/t75?,76-,77-,78-/m1/s1. The summed E-state index contributed by atoms with van der Waals surface area (Å²) in [5, 5.41) is 10.6. The molecule has 0 saturated heterocycles. The van der Waals surface area contributed by atoms with Crippen LogP contribution in [0, 0.1) is 17.8 Å². The van der Waals surface area contributed by atoms with E-state index in [-0.39, 0.29) is 25.7 Å². The van der Waals surface area contributed by atoms with Crippen molar-refractivity contribution >= 4 is 39.5 Å². The number of aliphatic hydroxyl groups is 1. The largest absolute Gasteiger partial charge is 0.472 e. The molecule has 0 saturated carbocycles. The van der Waals surface area contributed by atoms with Crippen molar-refractivity contribution in [1.82, 2.24) is 0 Å². The van der Waals surface area contributed by atoms with E-state index < -0.39 is 97.5 Å². The fourth-order valence-electron chi connectivity index (χ4n) is 12.6. The molecule has 17 nitrogen and oxygen atoms in total. The molecule has 101 heavy (non-hydrogen) atoms. The van der Waals surface area contributed by atoms with Gasteiger partial charge >= 0.3 is 39.5 Å². The van der Waals surface area contributed by atoms with Crippen LogP contribution < -0.4 is 0 Å². The molecule has 3 unspecified atom stereocenters. The molecule has 0 heterocycles. The SMILES string of the molecule is CCCCCCCCCCCCCCCCCCCCC(=O)OC[C@H](COP(=O)(O)OC[C@@H](O)COP(=O)(O)OC[C@@H](COC(=O)CCCCCCCCCCC(C)CC)OC(=O)CCCCCCCCCCCC(C)C)OC(=O)CCCCCCCCCCCCCCCCCCC(C)C. The average molecular weight is 1480 g/mol. The highest BCUT2D eigenvalue weighted by molar-refractivity contribution is 7.47. The van der Waals surface area contributed by atoms with E-state index in [1.807, 2.05) is 0 Å². The molecule has 0 aliphatic rings. The maximum atomic E-state index is 13.1. The van der Waals surface area contributed by atoms with Crippen molar-refractivity contribution < 1.29 is 80.2 Å². The van der Waals surface area contributed by atoms with Crippen molar-refractivity contribution in [3.8, 4) is 0 Å². The molecule has 0 amide bonds. The third-order valence-electron chi connectivity index (χ3n) is 19.5. The van der Waals surface area contributed by atoms with Gasteiger partial charge in [0.2, 0.25) is 0 Å². The van der Waals surface area contributed by atoms with Gasteiger partial charge in [-0.25, -0.2) is 9.13 Å². The summed E-state index contributed by atoms with van der Waals surface area (Å²) in [6.07, 6.45) is 61.1. The van der Waals surface area contributed by atoms with Crippen molar-refractivity contribution in [2.24, 2.45) is 17.8 Å². The zero-order valence-corrected chi connectivity index (χ0v) is 68.2. The fraction of sp³-hybridized carbons (Fsp3) is 0.951. The Labute approximate surface area is 619 Å². The van der Waals surface area contributed by atoms with Gasteiger partial charge in [-0.2, -0.15) is 0 Å². The third kappa shape index (κ3) is 74.7. The summed E-state index contributed by atoms with van der Waals surface area (Å²) >= 11 is 0. The molecule has 0 aromatic carbocycles. The molecule has 0 aromatic rings. The first-order valence-electron chi connectivity index (χ1n) is 42.4. The number of esters is 4. The number of aliphatic hydroxyl groups excluding tert-OH is 1. The van der Waals surface area contributed by atoms with Crippen molar-refractivity contribution in [1.29, 1.82) is 0 Å². The van der Waals surface area contributed by atoms with Crippen molar-refractivity contribution in [2.75, 3.05) is 39.6 Å². The molecule has 3 N–H and O–H groups in total. The van der Waals surface area contributed by atoms with Gasteiger partial charge in [-0.15, -0.1) is 0 Å². The molecule has 0 fully saturated rings. The lowest BCUT2D eigenvalue weighted by Gasteiger charge is -2.21. The predicted molar refractivity (Wildman–Crippen MR) is 414 cm³/mol. The monoisotopic (exact) mass is 1480 g/mol. The Morgan fingerprint density at radius 2 is 0.505 bits per heavy atom. The second-order valence-electron chi connectivity index (χ2n) is 30.7. The van der Waals surface area contributed by atoms with Crippen LogP contribution >= 0.6 is 15.6 Å². The van der Waals surface area contributed by atoms with E-state index in [2.05, 4.69) is 48.5 Å². The van der Waals surface area contributed by atoms with E-state index in [1.165, 1.54) is 238 Å². The number of carbonyl (C=O) groups excluding carboxylic acids is 4. The molecule has 0 radical (unpaired) electrons. The summed E-state index contributed by atoms with van der Waals surface area (Å²) in [6.45, 7) is 12.0. The lowest BCUT2D eigenvalue weighted by Crippen LogP contribution is -2.30. The zero-order chi connectivity index (χ0) is 74.4. The number of ether oxygens (including phenoxy) is 4. The van der Waals surface area contributed by atoms with Gasteiger partial charge in [-0.3, -0.25) is 37.3 Å². The number of phosphoric acid groups is 2. The Morgan fingerprint density at radius 3 is 0.752 bits per heavy atom. The van der Waals surface area contributed by atoms with Crippen LogP contribution in [0.15, 0.2) is 0 Å². The third-order valence-corrected chi connectivity index (χ3v) is 21.4. The first-order chi connectivity index (χ1) is 48.8. The van der Waals surface area contributed by atoms with Crippen LogP contribution in [0.1, 0.15) is 427 Å². The number of hydrogen-bond acceptors (Lipinski definition) is 15. The van der Waals surface area contributed by atoms with Gasteiger partial charge in [-0.1, -0.05) is 376 Å². The zero-order valence-electron chi connectivity index (χ0n) is 66.4. The van der Waals surface area contributed by atoms with Crippen LogP contribution in [0.2, 0.25) is 0 Å². The molecular formula is C82H160O17P2. The Bertz CT molecular complexity index is 1960. The molecule has 600 valence electrons. The molecule has 0 aliphatic heterocycles. The first kappa shape index (κ1) is 99.1. The minimum atomic E-state index is -4.96. The highest BCUT2D eigenvalue weighted by Gasteiger charge is 2.30. The highest BCUT2D eigenvalue weighted by atomic mass is 31.2. The predicted octanol–water partition coefficient (Wildman–Crippen LogP) is 24.5. The van der Waals surface area contributed by atoms with Crippen LogP contribution in [0.5, 0.6) is 0 Å². The van der Waals surface area contributed by atoms with Gasteiger partial charge < -0.3 is 33.8 Å². The topological polar surface area (TPSA) is 237 Å². The van der Waals surface area contributed by atoms with Crippen LogP contribution in [-0.4, -0.2) is 96.7 Å². The normalized spacial score (nSPS) is 14.2. The van der Waals surface area contributed by atoms with Crippen molar-refractivity contribution in [3.05, 3.63) is 0 Å². The van der Waals surface area contributed by atoms with E-state index in [0.29, 0.717) is 25.7 Å². The maximum Gasteiger partial charge on any atom is 0.472 e. The van der Waals surface area contributed by atoms with Gasteiger partial charge in [-0.05, 0) is 43.4 Å². The number of carbonyl (C=O) groups is 4. The van der Waals surface area contributed by atoms with E-state index in [4.69, 9.17) is 37.0 Å². The van der Waals surface area contributed by atoms with Crippen LogP contribution in [-0.2, 0) is 65.4 Å². The highest BCUT2D eigenvalue weighted by Crippen LogP contribution is 2.45. The van der Waals surface area contributed by atoms with Crippen LogP contribution in [0.4, 0.5) is 0 Å². The van der Waals surface area contributed by atoms with E-state index >= 15 is 0 Å². The molecule has 0 aliphatic carbocycles. The minimum absolute atomic E-state index is 0.105. The van der Waals surface area contributed by atoms with Crippen molar-refractivity contribution in [2.45, 2.75) is 446 Å². The lowest BCUT2D eigenvalue weighted by molar-refractivity contribution is -0.161. The summed E-state index contributed by atoms with van der Waals surface area (Å²) in [4.78, 5) is 73.1. The molecule has 0 aromatic heterocycles. The quantitative estimate of drug-likeness (QED) is 0.0222. The number of rotatable bonds is 80. The summed E-state index contributed by atoms with van der Waals surface area (Å²) in [6, 6.07) is 0. The van der Waals surface area contributed by atoms with Gasteiger partial charge in [0.25, 0.3) is 0 Å². The summed E-state index contributed by atoms with van der Waals surface area (Å²) in [5.74, 6) is 0.213. The van der Waals surface area contributed by atoms with Gasteiger partial charge in [0.05, 0.1) is 26.4 Å². The van der Waals surface area contributed by atoms with Crippen LogP contribution in [0.3, 0.4) is 0 Å². The Hall–Kier alpha value is -1.94. The summed E-state index contributed by atoms with van der Waals surface area (Å²) in [5.41, 5.74) is 0. The van der Waals surface area contributed by atoms with Gasteiger partial charge in [0.15, 0.2) is 12.2 Å². The smallest absolute Gasteiger partial charge is 0.462 e. The van der Waals surface area contributed by atoms with Gasteiger partial charge in [0, 0.05) is 25.7 Å². The van der Waals surface area contributed by atoms with Crippen LogP contribution in [0.25, 0.3) is 0 Å². The number of unbranched alkanes of at least 4 members (excludes halogenated alkanes) is 47. The maximum absolute atomic E-state index is 13.1. The fourth-order valence-corrected chi connectivity index (χ4v) is 14.2. The van der Waals surface area contributed by atoms with Gasteiger partial charge in [0.1, 0.15) is 19.3 Å². The number of hydrogen-bond donors (Lipinski definition) is 3. The Balaban J connectivity index is 5.25. The molecule has 0 spiro atoms. The summed E-state index contributed by atoms with van der Waals surface area (Å²) < 4.78 is 68.8. The molecule has 6 atom stereocenters. The molecule has 0 bridgehead atoms. The average Bonchev–Trinajstić information content (AvgIpc) is 0.965. The minimum Gasteiger partial charge on any atom is -0.462 e. The van der Waals surface area contributed by atoms with Crippen molar-refractivity contribution in [3.63, 3.8) is 0 Å². The second kappa shape index (κ2) is 72.3. The Kier molecular flexibility index (Phi) is 70.9.